The molecule has 0 bridgehead atoms. The van der Waals surface area contributed by atoms with E-state index in [1.54, 1.807) is 0 Å². The van der Waals surface area contributed by atoms with E-state index in [9.17, 15) is 9.59 Å². The molecule has 0 aliphatic heterocycles. The Labute approximate surface area is 101 Å². The number of aromatic nitrogens is 1. The summed E-state index contributed by atoms with van der Waals surface area (Å²) in [6.45, 7) is 0.294. The van der Waals surface area contributed by atoms with Gasteiger partial charge in [-0.1, -0.05) is 15.9 Å². The summed E-state index contributed by atoms with van der Waals surface area (Å²) in [5, 5.41) is 9.63. The number of halogens is 1. The minimum atomic E-state index is -1.14. The summed E-state index contributed by atoms with van der Waals surface area (Å²) in [4.78, 5) is 24.8. The normalized spacial score (nSPS) is 10.1. The van der Waals surface area contributed by atoms with Crippen LogP contribution in [-0.4, -0.2) is 34.0 Å². The molecule has 0 saturated heterocycles. The van der Waals surface area contributed by atoms with Crippen molar-refractivity contribution in [1.29, 1.82) is 0 Å². The Morgan fingerprint density at radius 3 is 2.81 bits per heavy atom. The number of nitrogens with one attached hydrogen (secondary N) is 1. The highest BCUT2D eigenvalue weighted by Gasteiger charge is 2.18. The molecule has 0 aromatic carbocycles. The van der Waals surface area contributed by atoms with Crippen molar-refractivity contribution in [3.63, 3.8) is 0 Å². The van der Waals surface area contributed by atoms with Crippen molar-refractivity contribution in [2.45, 2.75) is 12.8 Å². The van der Waals surface area contributed by atoms with Crippen LogP contribution in [0.1, 0.15) is 33.7 Å². The number of hydrogen-bond acceptors (Lipinski definition) is 3. The summed E-state index contributed by atoms with van der Waals surface area (Å²) in [6.07, 6.45) is 3.06. The number of alkyl halides is 1. The van der Waals surface area contributed by atoms with E-state index in [0.717, 1.165) is 18.2 Å². The van der Waals surface area contributed by atoms with Crippen LogP contribution >= 0.6 is 15.9 Å². The Morgan fingerprint density at radius 1 is 1.44 bits per heavy atom. The fraction of sp³-hybridized carbons (Fsp3) is 0.400. The van der Waals surface area contributed by atoms with E-state index < -0.39 is 11.9 Å². The van der Waals surface area contributed by atoms with Crippen LogP contribution in [0.4, 0.5) is 0 Å². The second-order valence-corrected chi connectivity index (χ2v) is 3.90. The van der Waals surface area contributed by atoms with Crippen LogP contribution in [0, 0.1) is 0 Å². The first-order valence-corrected chi connectivity index (χ1v) is 5.92. The minimum absolute atomic E-state index is 0.00802. The number of carbonyl (C=O) groups excluding carboxylic acids is 1. The largest absolute Gasteiger partial charge is 0.478 e. The molecule has 1 aromatic heterocycles. The molecule has 0 saturated carbocycles. The van der Waals surface area contributed by atoms with Crippen molar-refractivity contribution >= 4 is 27.9 Å². The van der Waals surface area contributed by atoms with Crippen molar-refractivity contribution < 1.29 is 19.4 Å². The average Bonchev–Trinajstić information content (AvgIpc) is 2.73. The van der Waals surface area contributed by atoms with Crippen LogP contribution in [0.2, 0.25) is 0 Å². The first-order valence-electron chi connectivity index (χ1n) is 4.80. The SMILES string of the molecule is O=C(O)c1cc[nH]c1C(=O)OCCCCBr. The maximum atomic E-state index is 11.5. The van der Waals surface area contributed by atoms with Gasteiger partial charge >= 0.3 is 11.9 Å². The monoisotopic (exact) mass is 289 g/mol. The highest BCUT2D eigenvalue weighted by molar-refractivity contribution is 9.09. The van der Waals surface area contributed by atoms with Crippen LogP contribution in [0.25, 0.3) is 0 Å². The van der Waals surface area contributed by atoms with Crippen LogP contribution in [0.5, 0.6) is 0 Å². The molecule has 1 heterocycles. The third-order valence-corrected chi connectivity index (χ3v) is 2.50. The summed E-state index contributed by atoms with van der Waals surface area (Å²) in [7, 11) is 0. The van der Waals surface area contributed by atoms with Gasteiger partial charge in [-0.2, -0.15) is 0 Å². The molecule has 0 atom stereocenters. The molecule has 0 aliphatic rings. The quantitative estimate of drug-likeness (QED) is 0.477. The molecule has 5 nitrogen and oxygen atoms in total. The van der Waals surface area contributed by atoms with Crippen molar-refractivity contribution in [1.82, 2.24) is 4.98 Å². The van der Waals surface area contributed by atoms with E-state index in [-0.39, 0.29) is 11.3 Å². The fourth-order valence-electron chi connectivity index (χ4n) is 1.15. The fourth-order valence-corrected chi connectivity index (χ4v) is 1.55. The van der Waals surface area contributed by atoms with Crippen LogP contribution in [0.15, 0.2) is 12.3 Å². The maximum absolute atomic E-state index is 11.5. The van der Waals surface area contributed by atoms with E-state index in [1.165, 1.54) is 12.3 Å². The number of carbonyl (C=O) groups is 2. The van der Waals surface area contributed by atoms with Gasteiger partial charge < -0.3 is 14.8 Å². The Morgan fingerprint density at radius 2 is 2.19 bits per heavy atom. The highest BCUT2D eigenvalue weighted by Crippen LogP contribution is 2.08. The molecule has 16 heavy (non-hydrogen) atoms. The number of carboxylic acids is 1. The number of rotatable bonds is 6. The number of unbranched alkanes of at least 4 members (excludes halogenated alkanes) is 1. The van der Waals surface area contributed by atoms with E-state index in [2.05, 4.69) is 20.9 Å². The summed E-state index contributed by atoms with van der Waals surface area (Å²) in [5.41, 5.74) is -0.0724. The standard InChI is InChI=1S/C10H12BrNO4/c11-4-1-2-6-16-10(15)8-7(9(13)14)3-5-12-8/h3,5,12H,1-2,4,6H2,(H,13,14). The van der Waals surface area contributed by atoms with Gasteiger partial charge in [-0.05, 0) is 18.9 Å². The Bertz CT molecular complexity index is 375. The van der Waals surface area contributed by atoms with Crippen LogP contribution in [0.3, 0.4) is 0 Å². The van der Waals surface area contributed by atoms with Crippen LogP contribution < -0.4 is 0 Å². The maximum Gasteiger partial charge on any atom is 0.355 e. The van der Waals surface area contributed by atoms with Gasteiger partial charge in [0.2, 0.25) is 0 Å². The van der Waals surface area contributed by atoms with Crippen LogP contribution in [-0.2, 0) is 4.74 Å². The lowest BCUT2D eigenvalue weighted by molar-refractivity contribution is 0.0484. The Kier molecular flexibility index (Phi) is 5.04. The average molecular weight is 290 g/mol. The zero-order valence-corrected chi connectivity index (χ0v) is 10.1. The summed E-state index contributed by atoms with van der Waals surface area (Å²) in [6, 6.07) is 1.33. The van der Waals surface area contributed by atoms with Gasteiger partial charge in [0, 0.05) is 11.5 Å². The minimum Gasteiger partial charge on any atom is -0.478 e. The van der Waals surface area contributed by atoms with Gasteiger partial charge in [-0.3, -0.25) is 0 Å². The molecule has 0 spiro atoms. The number of ether oxygens (including phenoxy) is 1. The van der Waals surface area contributed by atoms with Gasteiger partial charge in [-0.15, -0.1) is 0 Å². The molecule has 0 unspecified atom stereocenters. The number of aromatic amines is 1. The molecular weight excluding hydrogens is 278 g/mol. The second kappa shape index (κ2) is 6.32. The first kappa shape index (κ1) is 12.8. The lowest BCUT2D eigenvalue weighted by Gasteiger charge is -2.03. The molecule has 2 N–H and O–H groups in total. The Hall–Kier alpha value is -1.30. The predicted molar refractivity (Wildman–Crippen MR) is 61.1 cm³/mol. The molecule has 6 heteroatoms. The lowest BCUT2D eigenvalue weighted by atomic mass is 10.2. The molecule has 1 aromatic rings. The highest BCUT2D eigenvalue weighted by atomic mass is 79.9. The molecule has 0 aliphatic carbocycles. The number of carboxylic acid groups (broad SMARTS) is 1. The summed E-state index contributed by atoms with van der Waals surface area (Å²) < 4.78 is 4.92. The zero-order valence-electron chi connectivity index (χ0n) is 8.53. The lowest BCUT2D eigenvalue weighted by Crippen LogP contribution is -2.11. The molecule has 0 radical (unpaired) electrons. The van der Waals surface area contributed by atoms with Gasteiger partial charge in [0.25, 0.3) is 0 Å². The van der Waals surface area contributed by atoms with Gasteiger partial charge in [0.05, 0.1) is 12.2 Å². The molecule has 88 valence electrons. The predicted octanol–water partition coefficient (Wildman–Crippen LogP) is 2.04. The number of hydrogen-bond donors (Lipinski definition) is 2. The molecular formula is C10H12BrNO4. The van der Waals surface area contributed by atoms with E-state index in [1.807, 2.05) is 0 Å². The summed E-state index contributed by atoms with van der Waals surface area (Å²) in [5.74, 6) is -1.77. The molecule has 0 amide bonds. The van der Waals surface area contributed by atoms with Gasteiger partial charge in [-0.25, -0.2) is 9.59 Å². The topological polar surface area (TPSA) is 79.4 Å². The molecule has 0 fully saturated rings. The van der Waals surface area contributed by atoms with E-state index >= 15 is 0 Å². The summed E-state index contributed by atoms with van der Waals surface area (Å²) >= 11 is 3.26. The number of H-pyrrole nitrogens is 1. The molecule has 1 rings (SSSR count). The van der Waals surface area contributed by atoms with Crippen molar-refractivity contribution in [3.8, 4) is 0 Å². The third kappa shape index (κ3) is 3.37. The second-order valence-electron chi connectivity index (χ2n) is 3.10. The van der Waals surface area contributed by atoms with E-state index in [0.29, 0.717) is 6.61 Å². The Balaban J connectivity index is 2.53. The smallest absolute Gasteiger partial charge is 0.355 e. The first-order chi connectivity index (χ1) is 7.66. The van der Waals surface area contributed by atoms with E-state index in [4.69, 9.17) is 9.84 Å². The van der Waals surface area contributed by atoms with Gasteiger partial charge in [0.15, 0.2) is 0 Å². The van der Waals surface area contributed by atoms with Gasteiger partial charge in [0.1, 0.15) is 5.69 Å². The zero-order chi connectivity index (χ0) is 12.0. The van der Waals surface area contributed by atoms with Crippen molar-refractivity contribution in [2.75, 3.05) is 11.9 Å². The number of esters is 1. The van der Waals surface area contributed by atoms with Crippen molar-refractivity contribution in [3.05, 3.63) is 23.5 Å². The number of aromatic carboxylic acids is 1. The third-order valence-electron chi connectivity index (χ3n) is 1.94. The van der Waals surface area contributed by atoms with Crippen molar-refractivity contribution in [2.24, 2.45) is 0 Å².